The summed E-state index contributed by atoms with van der Waals surface area (Å²) in [6, 6.07) is 11.2. The fourth-order valence-electron chi connectivity index (χ4n) is 4.21. The molecule has 35 heavy (non-hydrogen) atoms. The Bertz CT molecular complexity index is 1370. The molecule has 1 N–H and O–H groups in total. The smallest absolute Gasteiger partial charge is 0.382 e. The van der Waals surface area contributed by atoms with E-state index < -0.39 is 29.4 Å². The third kappa shape index (κ3) is 4.54. The van der Waals surface area contributed by atoms with E-state index in [4.69, 9.17) is 4.74 Å². The van der Waals surface area contributed by atoms with Crippen molar-refractivity contribution in [2.45, 2.75) is 12.3 Å². The van der Waals surface area contributed by atoms with E-state index in [1.807, 2.05) is 12.1 Å². The lowest BCUT2D eigenvalue weighted by atomic mass is 9.97. The molecule has 0 spiro atoms. The van der Waals surface area contributed by atoms with Gasteiger partial charge in [0.2, 0.25) is 0 Å². The topological polar surface area (TPSA) is 71.4 Å². The van der Waals surface area contributed by atoms with Gasteiger partial charge in [-0.25, -0.2) is 14.4 Å². The van der Waals surface area contributed by atoms with Crippen molar-refractivity contribution in [2.24, 2.45) is 0 Å². The Morgan fingerprint density at radius 3 is 2.54 bits per heavy atom. The van der Waals surface area contributed by atoms with Gasteiger partial charge in [0.15, 0.2) is 0 Å². The predicted molar refractivity (Wildman–Crippen MR) is 121 cm³/mol. The minimum Gasteiger partial charge on any atom is -0.382 e. The Morgan fingerprint density at radius 1 is 0.971 bits per heavy atom. The normalized spacial score (nSPS) is 15.4. The number of hydrogen-bond donors (Lipinski definition) is 1. The van der Waals surface area contributed by atoms with E-state index in [0.717, 1.165) is 37.0 Å². The molecule has 0 aliphatic carbocycles. The van der Waals surface area contributed by atoms with E-state index in [0.29, 0.717) is 24.1 Å². The molecular formula is C25H20F4N4O2. The fourth-order valence-corrected chi connectivity index (χ4v) is 4.21. The number of nitrogens with zero attached hydrogens (tertiary/aromatic N) is 4. The lowest BCUT2D eigenvalue weighted by Gasteiger charge is -2.29. The summed E-state index contributed by atoms with van der Waals surface area (Å²) in [6.07, 6.45) is -3.94. The van der Waals surface area contributed by atoms with Crippen molar-refractivity contribution >= 4 is 16.6 Å². The molecular weight excluding hydrogens is 464 g/mol. The number of halogens is 4. The number of pyridine rings is 1. The van der Waals surface area contributed by atoms with Gasteiger partial charge in [-0.05, 0) is 48.0 Å². The number of fused-ring (bicyclic) bond motifs is 1. The Kier molecular flexibility index (Phi) is 6.08. The van der Waals surface area contributed by atoms with Gasteiger partial charge in [0.25, 0.3) is 0 Å². The van der Waals surface area contributed by atoms with Crippen molar-refractivity contribution in [1.82, 2.24) is 15.0 Å². The fraction of sp³-hybridized carbons (Fsp3) is 0.240. The zero-order valence-corrected chi connectivity index (χ0v) is 18.3. The molecule has 1 saturated heterocycles. The first kappa shape index (κ1) is 23.1. The van der Waals surface area contributed by atoms with Crippen molar-refractivity contribution in [2.75, 3.05) is 31.2 Å². The van der Waals surface area contributed by atoms with Crippen LogP contribution >= 0.6 is 0 Å². The molecule has 0 bridgehead atoms. The molecule has 180 valence electrons. The molecule has 0 radical (unpaired) electrons. The minimum atomic E-state index is -4.70. The molecule has 5 rings (SSSR count). The maximum atomic E-state index is 14.9. The third-order valence-electron chi connectivity index (χ3n) is 5.96. The second kappa shape index (κ2) is 9.20. The summed E-state index contributed by atoms with van der Waals surface area (Å²) in [5.41, 5.74) is 0.298. The average molecular weight is 484 g/mol. The molecule has 0 saturated carbocycles. The molecule has 10 heteroatoms. The van der Waals surface area contributed by atoms with Crippen LogP contribution in [0.3, 0.4) is 0 Å². The number of rotatable bonds is 4. The van der Waals surface area contributed by atoms with Gasteiger partial charge in [0.05, 0.1) is 35.7 Å². The summed E-state index contributed by atoms with van der Waals surface area (Å²) in [4.78, 5) is 14.5. The molecule has 1 atom stereocenters. The van der Waals surface area contributed by atoms with Crippen molar-refractivity contribution in [3.05, 3.63) is 83.7 Å². The number of anilines is 1. The lowest BCUT2D eigenvalue weighted by molar-refractivity contribution is -0.139. The average Bonchev–Trinajstić information content (AvgIpc) is 2.88. The highest BCUT2D eigenvalue weighted by molar-refractivity contribution is 5.94. The lowest BCUT2D eigenvalue weighted by Crippen LogP contribution is -2.36. The molecule has 1 aliphatic heterocycles. The third-order valence-corrected chi connectivity index (χ3v) is 5.96. The molecule has 1 unspecified atom stereocenters. The summed E-state index contributed by atoms with van der Waals surface area (Å²) in [5.74, 6) is -0.629. The van der Waals surface area contributed by atoms with Gasteiger partial charge in [-0.2, -0.15) is 13.2 Å². The number of morpholine rings is 1. The van der Waals surface area contributed by atoms with Gasteiger partial charge in [0, 0.05) is 35.9 Å². The Morgan fingerprint density at radius 2 is 1.77 bits per heavy atom. The van der Waals surface area contributed by atoms with Crippen molar-refractivity contribution in [3.63, 3.8) is 0 Å². The molecule has 2 aromatic carbocycles. The zero-order chi connectivity index (χ0) is 24.6. The first-order valence-electron chi connectivity index (χ1n) is 10.9. The summed E-state index contributed by atoms with van der Waals surface area (Å²) in [7, 11) is 0. The minimum absolute atomic E-state index is 0.0394. The number of aliphatic hydroxyl groups is 1. The first-order valence-corrected chi connectivity index (χ1v) is 10.9. The number of aliphatic hydroxyl groups excluding tert-OH is 1. The quantitative estimate of drug-likeness (QED) is 0.421. The van der Waals surface area contributed by atoms with Crippen LogP contribution in [0.2, 0.25) is 0 Å². The van der Waals surface area contributed by atoms with Gasteiger partial charge in [-0.1, -0.05) is 6.07 Å². The number of aromatic nitrogens is 3. The summed E-state index contributed by atoms with van der Waals surface area (Å²) in [6.45, 7) is 2.73. The van der Waals surface area contributed by atoms with Crippen LogP contribution < -0.4 is 4.90 Å². The van der Waals surface area contributed by atoms with E-state index in [-0.39, 0.29) is 16.8 Å². The van der Waals surface area contributed by atoms with Gasteiger partial charge in [0.1, 0.15) is 18.2 Å². The number of ether oxygens (including phenoxy) is 1. The number of hydrogen-bond acceptors (Lipinski definition) is 6. The van der Waals surface area contributed by atoms with E-state index in [1.165, 1.54) is 24.7 Å². The maximum absolute atomic E-state index is 14.9. The van der Waals surface area contributed by atoms with Crippen LogP contribution in [-0.2, 0) is 10.9 Å². The molecule has 1 aliphatic rings. The second-order valence-corrected chi connectivity index (χ2v) is 8.10. The van der Waals surface area contributed by atoms with Crippen LogP contribution in [0.25, 0.3) is 22.2 Å². The Hall–Kier alpha value is -3.63. The van der Waals surface area contributed by atoms with Crippen LogP contribution in [0, 0.1) is 5.82 Å². The Labute approximate surface area is 197 Å². The summed E-state index contributed by atoms with van der Waals surface area (Å²) in [5, 5.41) is 11.3. The van der Waals surface area contributed by atoms with E-state index >= 15 is 0 Å². The summed E-state index contributed by atoms with van der Waals surface area (Å²) >= 11 is 0. The molecule has 0 amide bonds. The van der Waals surface area contributed by atoms with Crippen molar-refractivity contribution < 1.29 is 27.4 Å². The van der Waals surface area contributed by atoms with Crippen molar-refractivity contribution in [1.29, 1.82) is 0 Å². The predicted octanol–water partition coefficient (Wildman–Crippen LogP) is 4.77. The molecule has 3 heterocycles. The van der Waals surface area contributed by atoms with E-state index in [9.17, 15) is 22.7 Å². The highest BCUT2D eigenvalue weighted by atomic mass is 19.4. The largest absolute Gasteiger partial charge is 0.418 e. The SMILES string of the molecule is OC(c1ccc(F)c(-c2ncnc3cc(N4CCOCC4)ccc23)c1)c1ncccc1C(F)(F)F. The van der Waals surface area contributed by atoms with Crippen LogP contribution in [0.5, 0.6) is 0 Å². The monoisotopic (exact) mass is 484 g/mol. The molecule has 4 aromatic rings. The van der Waals surface area contributed by atoms with Crippen LogP contribution in [-0.4, -0.2) is 46.4 Å². The highest BCUT2D eigenvalue weighted by Crippen LogP contribution is 2.37. The number of benzene rings is 2. The van der Waals surface area contributed by atoms with Crippen molar-refractivity contribution in [3.8, 4) is 11.3 Å². The van der Waals surface area contributed by atoms with E-state index in [1.54, 1.807) is 6.07 Å². The molecule has 1 fully saturated rings. The molecule has 2 aromatic heterocycles. The maximum Gasteiger partial charge on any atom is 0.418 e. The Balaban J connectivity index is 1.56. The van der Waals surface area contributed by atoms with Gasteiger partial charge >= 0.3 is 6.18 Å². The highest BCUT2D eigenvalue weighted by Gasteiger charge is 2.36. The van der Waals surface area contributed by atoms with Gasteiger partial charge in [-0.15, -0.1) is 0 Å². The van der Waals surface area contributed by atoms with Crippen LogP contribution in [0.15, 0.2) is 61.1 Å². The van der Waals surface area contributed by atoms with Crippen LogP contribution in [0.1, 0.15) is 22.9 Å². The van der Waals surface area contributed by atoms with Gasteiger partial charge < -0.3 is 14.7 Å². The zero-order valence-electron chi connectivity index (χ0n) is 18.3. The summed E-state index contributed by atoms with van der Waals surface area (Å²) < 4.78 is 60.6. The first-order chi connectivity index (χ1) is 16.8. The van der Waals surface area contributed by atoms with Crippen LogP contribution in [0.4, 0.5) is 23.2 Å². The number of alkyl halides is 3. The van der Waals surface area contributed by atoms with E-state index in [2.05, 4.69) is 19.9 Å². The second-order valence-electron chi connectivity index (χ2n) is 8.10. The standard InChI is InChI=1S/C25H20F4N4O2/c26-20-6-3-15(24(34)23-19(25(27,28)29)2-1-7-30-23)12-18(20)22-17-5-4-16(13-21(17)31-14-32-22)33-8-10-35-11-9-33/h1-7,12-14,24,34H,8-11H2. The molecule has 6 nitrogen and oxygen atoms in total. The van der Waals surface area contributed by atoms with Gasteiger partial charge in [-0.3, -0.25) is 4.98 Å².